The molecule has 2 atom stereocenters. The molecule has 0 aliphatic carbocycles. The Labute approximate surface area is 360 Å². The Hall–Kier alpha value is -1.67. The second kappa shape index (κ2) is 43.4. The topological polar surface area (TPSA) is 96.4 Å². The van der Waals surface area contributed by atoms with Crippen LogP contribution in [0.15, 0.2) is 0 Å². The Morgan fingerprint density at radius 1 is 0.448 bits per heavy atom. The molecule has 0 fully saturated rings. The van der Waals surface area contributed by atoms with Crippen LogP contribution in [0.2, 0.25) is 0 Å². The summed E-state index contributed by atoms with van der Waals surface area (Å²) in [5, 5.41) is 9.33. The van der Waals surface area contributed by atoms with Gasteiger partial charge in [0.25, 0.3) is 0 Å². The quantitative estimate of drug-likeness (QED) is 0.0482. The van der Waals surface area contributed by atoms with E-state index in [0.29, 0.717) is 13.2 Å². The van der Waals surface area contributed by atoms with Gasteiger partial charge in [-0.3, -0.25) is 14.4 Å². The van der Waals surface area contributed by atoms with Gasteiger partial charge in [-0.25, -0.2) is 0 Å². The van der Waals surface area contributed by atoms with E-state index >= 15 is 0 Å². The fourth-order valence-electron chi connectivity index (χ4n) is 8.04. The highest BCUT2D eigenvalue weighted by molar-refractivity contribution is 5.83. The second-order valence-electron chi connectivity index (χ2n) is 17.5. The monoisotopic (exact) mass is 823 g/mol. The maximum atomic E-state index is 13.3. The predicted octanol–water partition coefficient (Wildman–Crippen LogP) is 13.0. The molecule has 8 heteroatoms. The van der Waals surface area contributed by atoms with Gasteiger partial charge in [0.2, 0.25) is 5.91 Å². The first-order chi connectivity index (χ1) is 28.3. The van der Waals surface area contributed by atoms with E-state index in [9.17, 15) is 19.5 Å². The van der Waals surface area contributed by atoms with Gasteiger partial charge in [-0.1, -0.05) is 169 Å². The molecule has 0 aromatic heterocycles. The maximum absolute atomic E-state index is 13.3. The van der Waals surface area contributed by atoms with Crippen molar-refractivity contribution in [2.24, 2.45) is 11.8 Å². The molecular formula is C50H98N2O6. The van der Waals surface area contributed by atoms with Crippen molar-refractivity contribution in [2.45, 2.75) is 240 Å². The van der Waals surface area contributed by atoms with Gasteiger partial charge in [0.05, 0.1) is 19.1 Å². The number of carbonyl (C=O) groups excluding carboxylic acids is 3. The van der Waals surface area contributed by atoms with Gasteiger partial charge >= 0.3 is 11.9 Å². The molecule has 0 saturated carbocycles. The predicted molar refractivity (Wildman–Crippen MR) is 245 cm³/mol. The van der Waals surface area contributed by atoms with Gasteiger partial charge < -0.3 is 24.4 Å². The largest absolute Gasteiger partial charge is 0.465 e. The SMILES string of the molecule is CCCCCCCCC(CCCCCC)C(=O)OCCCCCN(CCCCO)CCCCCCOC(=O)CN(C)C(=O)C(CCCCCC)CCCCCCCC. The van der Waals surface area contributed by atoms with Crippen LogP contribution in [0.5, 0.6) is 0 Å². The normalized spacial score (nSPS) is 12.5. The number of aliphatic hydroxyl groups excluding tert-OH is 1. The van der Waals surface area contributed by atoms with Crippen LogP contribution in [0.25, 0.3) is 0 Å². The fourth-order valence-corrected chi connectivity index (χ4v) is 8.04. The van der Waals surface area contributed by atoms with E-state index < -0.39 is 0 Å². The summed E-state index contributed by atoms with van der Waals surface area (Å²) in [6.07, 6.45) is 37.0. The van der Waals surface area contributed by atoms with Crippen molar-refractivity contribution in [3.8, 4) is 0 Å². The van der Waals surface area contributed by atoms with Crippen LogP contribution in [0.1, 0.15) is 240 Å². The molecule has 0 aromatic carbocycles. The second-order valence-corrected chi connectivity index (χ2v) is 17.5. The average Bonchev–Trinajstić information content (AvgIpc) is 3.22. The number of hydrogen-bond donors (Lipinski definition) is 1. The van der Waals surface area contributed by atoms with Crippen LogP contribution in [-0.4, -0.2) is 85.8 Å². The van der Waals surface area contributed by atoms with Crippen molar-refractivity contribution in [1.82, 2.24) is 9.80 Å². The van der Waals surface area contributed by atoms with Crippen molar-refractivity contribution < 1.29 is 29.0 Å². The number of carbonyl (C=O) groups is 3. The summed E-state index contributed by atoms with van der Waals surface area (Å²) in [5.74, 6) is -0.0960. The number of aliphatic hydroxyl groups is 1. The summed E-state index contributed by atoms with van der Waals surface area (Å²) in [7, 11) is 1.76. The summed E-state index contributed by atoms with van der Waals surface area (Å²) in [4.78, 5) is 43.1. The van der Waals surface area contributed by atoms with E-state index in [-0.39, 0.29) is 42.8 Å². The van der Waals surface area contributed by atoms with E-state index in [1.54, 1.807) is 11.9 Å². The molecule has 344 valence electrons. The fraction of sp³-hybridized carbons (Fsp3) is 0.940. The smallest absolute Gasteiger partial charge is 0.325 e. The minimum absolute atomic E-state index is 0.0101. The summed E-state index contributed by atoms with van der Waals surface area (Å²) in [6.45, 7) is 13.2. The lowest BCUT2D eigenvalue weighted by Gasteiger charge is -2.23. The van der Waals surface area contributed by atoms with Crippen LogP contribution < -0.4 is 0 Å². The number of esters is 2. The first kappa shape index (κ1) is 56.3. The van der Waals surface area contributed by atoms with Crippen molar-refractivity contribution in [3.63, 3.8) is 0 Å². The first-order valence-corrected chi connectivity index (χ1v) is 25.2. The molecule has 2 unspecified atom stereocenters. The zero-order chi connectivity index (χ0) is 42.7. The summed E-state index contributed by atoms with van der Waals surface area (Å²) in [5.41, 5.74) is 0. The molecule has 8 nitrogen and oxygen atoms in total. The average molecular weight is 823 g/mol. The minimum Gasteiger partial charge on any atom is -0.465 e. The van der Waals surface area contributed by atoms with Gasteiger partial charge in [0.1, 0.15) is 6.54 Å². The zero-order valence-electron chi connectivity index (χ0n) is 39.3. The zero-order valence-corrected chi connectivity index (χ0v) is 39.3. The third-order valence-corrected chi connectivity index (χ3v) is 11.9. The molecule has 58 heavy (non-hydrogen) atoms. The summed E-state index contributed by atoms with van der Waals surface area (Å²) < 4.78 is 11.4. The number of nitrogens with zero attached hydrogens (tertiary/aromatic N) is 2. The number of hydrogen-bond acceptors (Lipinski definition) is 7. The number of unbranched alkanes of at least 4 members (excludes halogenated alkanes) is 22. The molecule has 0 aromatic rings. The minimum atomic E-state index is -0.305. The van der Waals surface area contributed by atoms with Gasteiger partial charge in [0, 0.05) is 19.6 Å². The molecule has 0 aliphatic heterocycles. The van der Waals surface area contributed by atoms with Gasteiger partial charge in [-0.15, -0.1) is 0 Å². The standard InChI is InChI=1S/C50H98N2O6/c1-6-10-14-18-20-27-36-46(35-25-16-12-8-3)49(55)51(5)45-48(54)57-43-33-23-22-29-39-52(41-31-32-42-53)40-30-24-34-44-58-50(56)47(37-26-17-13-9-4)38-28-21-19-15-11-7-2/h46-47,53H,6-45H2,1-5H3. The van der Waals surface area contributed by atoms with Crippen LogP contribution in [0.3, 0.4) is 0 Å². The molecule has 0 saturated heterocycles. The van der Waals surface area contributed by atoms with Crippen molar-refractivity contribution >= 4 is 17.8 Å². The van der Waals surface area contributed by atoms with E-state index in [1.165, 1.54) is 103 Å². The van der Waals surface area contributed by atoms with E-state index in [2.05, 4.69) is 32.6 Å². The third kappa shape index (κ3) is 35.1. The Balaban J connectivity index is 4.46. The van der Waals surface area contributed by atoms with Crippen LogP contribution in [-0.2, 0) is 23.9 Å². The Kier molecular flexibility index (Phi) is 42.2. The highest BCUT2D eigenvalue weighted by Gasteiger charge is 2.23. The van der Waals surface area contributed by atoms with Crippen LogP contribution >= 0.6 is 0 Å². The lowest BCUT2D eigenvalue weighted by atomic mass is 9.93. The van der Waals surface area contributed by atoms with Crippen molar-refractivity contribution in [3.05, 3.63) is 0 Å². The summed E-state index contributed by atoms with van der Waals surface area (Å²) in [6, 6.07) is 0. The first-order valence-electron chi connectivity index (χ1n) is 25.2. The summed E-state index contributed by atoms with van der Waals surface area (Å²) >= 11 is 0. The lowest BCUT2D eigenvalue weighted by Crippen LogP contribution is -2.37. The number of rotatable bonds is 45. The Morgan fingerprint density at radius 2 is 0.810 bits per heavy atom. The highest BCUT2D eigenvalue weighted by Crippen LogP contribution is 2.22. The molecule has 0 radical (unpaired) electrons. The van der Waals surface area contributed by atoms with Crippen molar-refractivity contribution in [1.29, 1.82) is 0 Å². The maximum Gasteiger partial charge on any atom is 0.325 e. The number of ether oxygens (including phenoxy) is 2. The van der Waals surface area contributed by atoms with E-state index in [4.69, 9.17) is 9.47 Å². The number of amides is 1. The number of likely N-dealkylation sites (N-methyl/N-ethyl adjacent to an activating group) is 1. The van der Waals surface area contributed by atoms with E-state index in [1.807, 2.05) is 0 Å². The molecule has 0 rings (SSSR count). The third-order valence-electron chi connectivity index (χ3n) is 11.9. The van der Waals surface area contributed by atoms with Crippen LogP contribution in [0, 0.1) is 11.8 Å². The van der Waals surface area contributed by atoms with Gasteiger partial charge in [0.15, 0.2) is 0 Å². The van der Waals surface area contributed by atoms with Crippen LogP contribution in [0.4, 0.5) is 0 Å². The molecule has 0 spiro atoms. The van der Waals surface area contributed by atoms with Gasteiger partial charge in [-0.05, 0) is 90.3 Å². The Bertz CT molecular complexity index is 917. The van der Waals surface area contributed by atoms with Gasteiger partial charge in [-0.2, -0.15) is 0 Å². The highest BCUT2D eigenvalue weighted by atomic mass is 16.5. The molecule has 0 heterocycles. The van der Waals surface area contributed by atoms with E-state index in [0.717, 1.165) is 129 Å². The molecule has 0 aliphatic rings. The molecular weight excluding hydrogens is 725 g/mol. The Morgan fingerprint density at radius 3 is 1.29 bits per heavy atom. The lowest BCUT2D eigenvalue weighted by molar-refractivity contribution is -0.150. The van der Waals surface area contributed by atoms with Crippen molar-refractivity contribution in [2.75, 3.05) is 53.0 Å². The molecule has 1 N–H and O–H groups in total. The molecule has 0 bridgehead atoms. The molecule has 1 amide bonds.